The highest BCUT2D eigenvalue weighted by atomic mass is 79.9. The quantitative estimate of drug-likeness (QED) is 0.800. The fourth-order valence-corrected chi connectivity index (χ4v) is 2.17. The van der Waals surface area contributed by atoms with Crippen LogP contribution in [0.4, 0.5) is 0 Å². The Hall–Kier alpha value is -1.62. The van der Waals surface area contributed by atoms with Crippen LogP contribution in [0.15, 0.2) is 44.5 Å². The fraction of sp³-hybridized carbons (Fsp3) is 0.167. The number of rotatable bonds is 1. The van der Waals surface area contributed by atoms with Crippen molar-refractivity contribution >= 4 is 15.9 Å². The van der Waals surface area contributed by atoms with E-state index in [2.05, 4.69) is 15.9 Å². The highest BCUT2D eigenvalue weighted by Crippen LogP contribution is 2.24. The first-order valence-electron chi connectivity index (χ1n) is 5.04. The number of benzene rings is 1. The Bertz CT molecular complexity index is 686. The Morgan fingerprint density at radius 3 is 2.35 bits per heavy atom. The van der Waals surface area contributed by atoms with Gasteiger partial charge < -0.3 is 4.57 Å². The summed E-state index contributed by atoms with van der Waals surface area (Å²) in [5.41, 5.74) is 0.663. The lowest BCUT2D eigenvalue weighted by molar-refractivity contribution is 0.688. The summed E-state index contributed by atoms with van der Waals surface area (Å²) in [6.07, 6.45) is 1.56. The summed E-state index contributed by atoms with van der Waals surface area (Å²) in [4.78, 5) is 23.6. The first-order chi connectivity index (χ1) is 8.02. The monoisotopic (exact) mass is 294 g/mol. The average Bonchev–Trinajstić information content (AvgIpc) is 2.32. The molecular formula is C12H11BrN2O2. The summed E-state index contributed by atoms with van der Waals surface area (Å²) in [6.45, 7) is 0. The third-order valence-electron chi connectivity index (χ3n) is 2.61. The third-order valence-corrected chi connectivity index (χ3v) is 3.30. The molecule has 1 heterocycles. The Morgan fingerprint density at radius 2 is 1.71 bits per heavy atom. The standard InChI is InChI=1S/C12H11BrN2O2/c1-14-7-9(11(16)15(2)12(14)17)8-5-3-4-6-10(8)13/h3-7H,1-2H3. The summed E-state index contributed by atoms with van der Waals surface area (Å²) in [5, 5.41) is 0. The van der Waals surface area contributed by atoms with Gasteiger partial charge in [0.25, 0.3) is 5.56 Å². The van der Waals surface area contributed by atoms with Gasteiger partial charge in [-0.1, -0.05) is 34.1 Å². The highest BCUT2D eigenvalue weighted by Gasteiger charge is 2.10. The van der Waals surface area contributed by atoms with Crippen LogP contribution in [-0.4, -0.2) is 9.13 Å². The maximum absolute atomic E-state index is 12.0. The molecule has 2 rings (SSSR count). The van der Waals surface area contributed by atoms with Crippen LogP contribution in [0.5, 0.6) is 0 Å². The maximum atomic E-state index is 12.0. The fourth-order valence-electron chi connectivity index (χ4n) is 1.67. The molecule has 0 radical (unpaired) electrons. The van der Waals surface area contributed by atoms with E-state index in [1.165, 1.54) is 11.6 Å². The molecule has 0 saturated carbocycles. The van der Waals surface area contributed by atoms with Gasteiger partial charge in [-0.15, -0.1) is 0 Å². The Labute approximate surface area is 106 Å². The molecule has 0 saturated heterocycles. The third kappa shape index (κ3) is 1.98. The molecule has 0 unspecified atom stereocenters. The number of hydrogen-bond donors (Lipinski definition) is 0. The lowest BCUT2D eigenvalue weighted by Crippen LogP contribution is -2.37. The van der Waals surface area contributed by atoms with Gasteiger partial charge in [0.2, 0.25) is 0 Å². The van der Waals surface area contributed by atoms with Gasteiger partial charge >= 0.3 is 5.69 Å². The van der Waals surface area contributed by atoms with Crippen LogP contribution in [0.2, 0.25) is 0 Å². The lowest BCUT2D eigenvalue weighted by Gasteiger charge is -2.08. The number of nitrogens with zero attached hydrogens (tertiary/aromatic N) is 2. The second-order valence-electron chi connectivity index (χ2n) is 3.78. The second-order valence-corrected chi connectivity index (χ2v) is 4.63. The molecule has 0 amide bonds. The molecule has 5 heteroatoms. The molecule has 0 spiro atoms. The van der Waals surface area contributed by atoms with E-state index in [4.69, 9.17) is 0 Å². The zero-order chi connectivity index (χ0) is 12.6. The molecule has 0 aliphatic heterocycles. The largest absolute Gasteiger partial charge is 0.330 e. The number of aryl methyl sites for hydroxylation is 1. The van der Waals surface area contributed by atoms with E-state index in [1.807, 2.05) is 24.3 Å². The van der Waals surface area contributed by atoms with Crippen LogP contribution in [0, 0.1) is 0 Å². The molecule has 0 bridgehead atoms. The average molecular weight is 295 g/mol. The molecule has 1 aromatic heterocycles. The minimum absolute atomic E-state index is 0.292. The van der Waals surface area contributed by atoms with E-state index in [0.29, 0.717) is 5.56 Å². The molecule has 4 nitrogen and oxygen atoms in total. The molecule has 17 heavy (non-hydrogen) atoms. The van der Waals surface area contributed by atoms with Gasteiger partial charge in [0.1, 0.15) is 0 Å². The van der Waals surface area contributed by atoms with Crippen LogP contribution >= 0.6 is 15.9 Å². The summed E-state index contributed by atoms with van der Waals surface area (Å²) in [7, 11) is 3.10. The highest BCUT2D eigenvalue weighted by molar-refractivity contribution is 9.10. The van der Waals surface area contributed by atoms with E-state index in [-0.39, 0.29) is 11.2 Å². The Morgan fingerprint density at radius 1 is 1.06 bits per heavy atom. The molecule has 0 aliphatic carbocycles. The number of aromatic nitrogens is 2. The van der Waals surface area contributed by atoms with Crippen LogP contribution in [0.25, 0.3) is 11.1 Å². The summed E-state index contributed by atoms with van der Waals surface area (Å²) in [6, 6.07) is 7.43. The van der Waals surface area contributed by atoms with Crippen molar-refractivity contribution in [3.8, 4) is 11.1 Å². The zero-order valence-corrected chi connectivity index (χ0v) is 11.1. The summed E-state index contributed by atoms with van der Waals surface area (Å²) >= 11 is 3.40. The molecule has 0 fully saturated rings. The smallest absolute Gasteiger partial charge is 0.303 e. The predicted octanol–water partition coefficient (Wildman–Crippen LogP) is 1.51. The molecule has 88 valence electrons. The van der Waals surface area contributed by atoms with Gasteiger partial charge in [-0.25, -0.2) is 4.79 Å². The SMILES string of the molecule is Cn1cc(-c2ccccc2Br)c(=O)n(C)c1=O. The minimum Gasteiger partial charge on any atom is -0.303 e. The van der Waals surface area contributed by atoms with E-state index in [0.717, 1.165) is 14.6 Å². The van der Waals surface area contributed by atoms with Gasteiger partial charge in [0.15, 0.2) is 0 Å². The van der Waals surface area contributed by atoms with Crippen molar-refractivity contribution in [2.45, 2.75) is 0 Å². The Balaban J connectivity index is 2.83. The van der Waals surface area contributed by atoms with Crippen molar-refractivity contribution < 1.29 is 0 Å². The zero-order valence-electron chi connectivity index (χ0n) is 9.48. The van der Waals surface area contributed by atoms with E-state index in [9.17, 15) is 9.59 Å². The van der Waals surface area contributed by atoms with Gasteiger partial charge in [-0.2, -0.15) is 0 Å². The van der Waals surface area contributed by atoms with Crippen LogP contribution in [0.1, 0.15) is 0 Å². The minimum atomic E-state index is -0.328. The van der Waals surface area contributed by atoms with Crippen molar-refractivity contribution in [1.29, 1.82) is 0 Å². The van der Waals surface area contributed by atoms with Gasteiger partial charge in [-0.05, 0) is 6.07 Å². The van der Waals surface area contributed by atoms with E-state index in [1.54, 1.807) is 13.2 Å². The van der Waals surface area contributed by atoms with Crippen molar-refractivity contribution in [3.63, 3.8) is 0 Å². The van der Waals surface area contributed by atoms with Gasteiger partial charge in [-0.3, -0.25) is 9.36 Å². The van der Waals surface area contributed by atoms with Crippen LogP contribution < -0.4 is 11.2 Å². The summed E-state index contributed by atoms with van der Waals surface area (Å²) < 4.78 is 3.33. The lowest BCUT2D eigenvalue weighted by atomic mass is 10.1. The second kappa shape index (κ2) is 4.33. The molecule has 1 aromatic carbocycles. The topological polar surface area (TPSA) is 44.0 Å². The van der Waals surface area contributed by atoms with Crippen molar-refractivity contribution in [1.82, 2.24) is 9.13 Å². The van der Waals surface area contributed by atoms with Gasteiger partial charge in [0.05, 0.1) is 5.56 Å². The molecular weight excluding hydrogens is 284 g/mol. The Kier molecular flexibility index (Phi) is 3.02. The van der Waals surface area contributed by atoms with Crippen LogP contribution in [-0.2, 0) is 14.1 Å². The number of hydrogen-bond acceptors (Lipinski definition) is 2. The number of halogens is 1. The predicted molar refractivity (Wildman–Crippen MR) is 70.1 cm³/mol. The molecule has 0 atom stereocenters. The summed E-state index contributed by atoms with van der Waals surface area (Å²) in [5.74, 6) is 0. The van der Waals surface area contributed by atoms with Crippen molar-refractivity contribution in [2.75, 3.05) is 0 Å². The normalized spacial score (nSPS) is 10.5. The molecule has 2 aromatic rings. The molecule has 0 aliphatic rings. The first-order valence-corrected chi connectivity index (χ1v) is 5.83. The van der Waals surface area contributed by atoms with E-state index >= 15 is 0 Å². The maximum Gasteiger partial charge on any atom is 0.330 e. The first kappa shape index (κ1) is 11.9. The van der Waals surface area contributed by atoms with Crippen molar-refractivity contribution in [3.05, 3.63) is 55.8 Å². The van der Waals surface area contributed by atoms with Gasteiger partial charge in [0, 0.05) is 30.3 Å². The van der Waals surface area contributed by atoms with Crippen LogP contribution in [0.3, 0.4) is 0 Å². The van der Waals surface area contributed by atoms with E-state index < -0.39 is 0 Å². The van der Waals surface area contributed by atoms with Crippen molar-refractivity contribution in [2.24, 2.45) is 14.1 Å². The molecule has 0 N–H and O–H groups in total.